The second-order valence-electron chi connectivity index (χ2n) is 4.53. The van der Waals surface area contributed by atoms with Crippen molar-refractivity contribution in [3.8, 4) is 5.75 Å². The standard InChI is InChI=1S/C15H13ClN2O4/c1-17-9-10(14(20)18(2)15(17)21)7-8-13(19)22-12-6-4-3-5-11(12)16/h3-9H,1-2H3/b8-7+. The number of aryl methyl sites for hydroxylation is 1. The summed E-state index contributed by atoms with van der Waals surface area (Å²) in [6, 6.07) is 6.54. The first-order chi connectivity index (χ1) is 10.4. The maximum absolute atomic E-state index is 11.9. The molecule has 1 aromatic heterocycles. The number of esters is 1. The topological polar surface area (TPSA) is 70.3 Å². The van der Waals surface area contributed by atoms with Crippen molar-refractivity contribution < 1.29 is 9.53 Å². The highest BCUT2D eigenvalue weighted by Gasteiger charge is 2.07. The smallest absolute Gasteiger partial charge is 0.336 e. The van der Waals surface area contributed by atoms with E-state index in [1.54, 1.807) is 24.3 Å². The fraction of sp³-hybridized carbons (Fsp3) is 0.133. The number of ether oxygens (including phenoxy) is 1. The minimum Gasteiger partial charge on any atom is -0.422 e. The third kappa shape index (κ3) is 3.35. The van der Waals surface area contributed by atoms with Crippen LogP contribution in [0.2, 0.25) is 5.02 Å². The average Bonchev–Trinajstić information content (AvgIpc) is 2.50. The van der Waals surface area contributed by atoms with Gasteiger partial charge in [-0.15, -0.1) is 0 Å². The Morgan fingerprint density at radius 3 is 2.59 bits per heavy atom. The van der Waals surface area contributed by atoms with Gasteiger partial charge >= 0.3 is 11.7 Å². The second-order valence-corrected chi connectivity index (χ2v) is 4.93. The molecule has 0 saturated carbocycles. The number of aromatic nitrogens is 2. The molecule has 0 N–H and O–H groups in total. The number of benzene rings is 1. The van der Waals surface area contributed by atoms with Crippen LogP contribution in [-0.2, 0) is 18.9 Å². The van der Waals surface area contributed by atoms with Gasteiger partial charge in [-0.25, -0.2) is 9.59 Å². The van der Waals surface area contributed by atoms with E-state index in [4.69, 9.17) is 16.3 Å². The minimum absolute atomic E-state index is 0.195. The molecule has 0 aliphatic heterocycles. The fourth-order valence-corrected chi connectivity index (χ4v) is 1.95. The molecule has 1 heterocycles. The van der Waals surface area contributed by atoms with E-state index in [0.717, 1.165) is 10.6 Å². The molecule has 0 spiro atoms. The van der Waals surface area contributed by atoms with E-state index in [-0.39, 0.29) is 11.3 Å². The van der Waals surface area contributed by atoms with Crippen molar-refractivity contribution in [1.29, 1.82) is 0 Å². The molecule has 0 unspecified atom stereocenters. The molecular weight excluding hydrogens is 308 g/mol. The normalized spacial score (nSPS) is 10.9. The van der Waals surface area contributed by atoms with Crippen molar-refractivity contribution >= 4 is 23.6 Å². The van der Waals surface area contributed by atoms with Gasteiger partial charge in [-0.2, -0.15) is 0 Å². The van der Waals surface area contributed by atoms with E-state index in [2.05, 4.69) is 0 Å². The summed E-state index contributed by atoms with van der Waals surface area (Å²) < 4.78 is 7.26. The van der Waals surface area contributed by atoms with E-state index in [0.29, 0.717) is 5.02 Å². The molecule has 0 amide bonds. The van der Waals surface area contributed by atoms with Crippen LogP contribution in [0, 0.1) is 0 Å². The van der Waals surface area contributed by atoms with Crippen LogP contribution >= 0.6 is 11.6 Å². The lowest BCUT2D eigenvalue weighted by atomic mass is 10.3. The zero-order valence-electron chi connectivity index (χ0n) is 11.9. The van der Waals surface area contributed by atoms with Gasteiger partial charge in [0.15, 0.2) is 0 Å². The van der Waals surface area contributed by atoms with Crippen LogP contribution in [0.15, 0.2) is 46.1 Å². The van der Waals surface area contributed by atoms with Crippen molar-refractivity contribution in [2.75, 3.05) is 0 Å². The van der Waals surface area contributed by atoms with Crippen LogP contribution in [0.4, 0.5) is 0 Å². The maximum Gasteiger partial charge on any atom is 0.336 e. The van der Waals surface area contributed by atoms with Gasteiger partial charge in [0.05, 0.1) is 10.6 Å². The van der Waals surface area contributed by atoms with Crippen LogP contribution < -0.4 is 16.0 Å². The summed E-state index contributed by atoms with van der Waals surface area (Å²) in [5, 5.41) is 0.308. The van der Waals surface area contributed by atoms with Crippen molar-refractivity contribution in [1.82, 2.24) is 9.13 Å². The van der Waals surface area contributed by atoms with Crippen LogP contribution in [-0.4, -0.2) is 15.1 Å². The van der Waals surface area contributed by atoms with Crippen molar-refractivity contribution in [3.63, 3.8) is 0 Å². The quantitative estimate of drug-likeness (QED) is 0.486. The number of hydrogen-bond acceptors (Lipinski definition) is 4. The number of para-hydroxylation sites is 1. The van der Waals surface area contributed by atoms with Crippen LogP contribution in [0.5, 0.6) is 5.75 Å². The fourth-order valence-electron chi connectivity index (χ4n) is 1.78. The summed E-state index contributed by atoms with van der Waals surface area (Å²) in [6.45, 7) is 0. The molecule has 0 saturated heterocycles. The lowest BCUT2D eigenvalue weighted by Crippen LogP contribution is -2.37. The predicted molar refractivity (Wildman–Crippen MR) is 83.0 cm³/mol. The Bertz CT molecular complexity index is 865. The Balaban J connectivity index is 2.23. The Morgan fingerprint density at radius 2 is 1.91 bits per heavy atom. The first-order valence-corrected chi connectivity index (χ1v) is 6.69. The molecule has 114 valence electrons. The number of hydrogen-bond donors (Lipinski definition) is 0. The molecule has 0 atom stereocenters. The van der Waals surface area contributed by atoms with Gasteiger partial charge in [0.2, 0.25) is 0 Å². The van der Waals surface area contributed by atoms with Crippen LogP contribution in [0.1, 0.15) is 5.56 Å². The molecule has 0 fully saturated rings. The van der Waals surface area contributed by atoms with Gasteiger partial charge in [-0.1, -0.05) is 23.7 Å². The number of nitrogens with zero attached hydrogens (tertiary/aromatic N) is 2. The van der Waals surface area contributed by atoms with Gasteiger partial charge < -0.3 is 9.30 Å². The summed E-state index contributed by atoms with van der Waals surface area (Å²) in [4.78, 5) is 35.2. The van der Waals surface area contributed by atoms with E-state index < -0.39 is 17.2 Å². The highest BCUT2D eigenvalue weighted by molar-refractivity contribution is 6.32. The van der Waals surface area contributed by atoms with Gasteiger partial charge in [-0.3, -0.25) is 9.36 Å². The average molecular weight is 321 g/mol. The Morgan fingerprint density at radius 1 is 1.23 bits per heavy atom. The first kappa shape index (κ1) is 15.8. The highest BCUT2D eigenvalue weighted by atomic mass is 35.5. The molecule has 0 aliphatic rings. The Labute approximate surface area is 130 Å². The number of rotatable bonds is 3. The number of halogens is 1. The molecule has 2 rings (SSSR count). The van der Waals surface area contributed by atoms with E-state index >= 15 is 0 Å². The largest absolute Gasteiger partial charge is 0.422 e. The molecule has 6 nitrogen and oxygen atoms in total. The van der Waals surface area contributed by atoms with Gasteiger partial charge in [0.1, 0.15) is 5.75 Å². The number of carbonyl (C=O) groups excluding carboxylic acids is 1. The summed E-state index contributed by atoms with van der Waals surface area (Å²) >= 11 is 5.88. The lowest BCUT2D eigenvalue weighted by molar-refractivity contribution is -0.128. The molecule has 0 aliphatic carbocycles. The molecular formula is C15H13ClN2O4. The van der Waals surface area contributed by atoms with Crippen LogP contribution in [0.25, 0.3) is 6.08 Å². The van der Waals surface area contributed by atoms with Crippen molar-refractivity contribution in [2.45, 2.75) is 0 Å². The van der Waals surface area contributed by atoms with Gasteiger partial charge in [-0.05, 0) is 18.2 Å². The summed E-state index contributed by atoms with van der Waals surface area (Å²) in [7, 11) is 2.88. The summed E-state index contributed by atoms with van der Waals surface area (Å²) in [5.41, 5.74) is -0.744. The second kappa shape index (κ2) is 6.44. The third-order valence-electron chi connectivity index (χ3n) is 2.92. The molecule has 7 heteroatoms. The van der Waals surface area contributed by atoms with Crippen molar-refractivity contribution in [2.24, 2.45) is 14.1 Å². The van der Waals surface area contributed by atoms with E-state index in [1.807, 2.05) is 0 Å². The molecule has 0 bridgehead atoms. The molecule has 2 aromatic rings. The van der Waals surface area contributed by atoms with E-state index in [1.165, 1.54) is 30.9 Å². The highest BCUT2D eigenvalue weighted by Crippen LogP contribution is 2.23. The maximum atomic E-state index is 11.9. The SMILES string of the molecule is Cn1cc(/C=C/C(=O)Oc2ccccc2Cl)c(=O)n(C)c1=O. The summed E-state index contributed by atoms with van der Waals surface area (Å²) in [6.07, 6.45) is 3.75. The zero-order valence-corrected chi connectivity index (χ0v) is 12.7. The number of carbonyl (C=O) groups is 1. The first-order valence-electron chi connectivity index (χ1n) is 6.31. The van der Waals surface area contributed by atoms with Crippen molar-refractivity contribution in [3.05, 3.63) is 68.0 Å². The lowest BCUT2D eigenvalue weighted by Gasteiger charge is -2.04. The summed E-state index contributed by atoms with van der Waals surface area (Å²) in [5.74, 6) is -0.448. The molecule has 22 heavy (non-hydrogen) atoms. The Hall–Kier alpha value is -2.60. The van der Waals surface area contributed by atoms with Gasteiger partial charge in [0.25, 0.3) is 5.56 Å². The van der Waals surface area contributed by atoms with E-state index in [9.17, 15) is 14.4 Å². The molecule has 0 radical (unpaired) electrons. The Kier molecular flexibility index (Phi) is 4.62. The monoisotopic (exact) mass is 320 g/mol. The molecule has 1 aromatic carbocycles. The zero-order chi connectivity index (χ0) is 16.3. The predicted octanol–water partition coefficient (Wildman–Crippen LogP) is 1.36. The third-order valence-corrected chi connectivity index (χ3v) is 3.23. The van der Waals surface area contributed by atoms with Gasteiger partial charge in [0, 0.05) is 26.4 Å². The van der Waals surface area contributed by atoms with Crippen LogP contribution in [0.3, 0.4) is 0 Å². The minimum atomic E-state index is -0.677.